The van der Waals surface area contributed by atoms with Gasteiger partial charge in [0.25, 0.3) is 0 Å². The molecule has 0 saturated heterocycles. The first kappa shape index (κ1) is 54.7. The van der Waals surface area contributed by atoms with Gasteiger partial charge in [-0.3, -0.25) is 0 Å². The summed E-state index contributed by atoms with van der Waals surface area (Å²) in [4.78, 5) is 4.75. The molecule has 0 spiro atoms. The van der Waals surface area contributed by atoms with Crippen LogP contribution in [0.2, 0.25) is 0 Å². The lowest BCUT2D eigenvalue weighted by molar-refractivity contribution is 0.820. The standard InChI is InChI=1S/C84H68N2/c1-5-23-72(24-6-1)83(73-25-7-2-8-26-73)59-65-43-54-79(55-44-65)85(61-67-38-49-70-22-15-16-32-76(70)58-67)78-50-39-63(40-51-78)36-47-68-20-13-14-21-69(68)48-37-64-41-52-80(53-42-64)86(62-77-34-19-33-71-31-17-18-35-82(71)77)81-56-45-66(46-57-81)60-84(74-27-9-3-10-28-74)75-29-11-4-12-30-75/h1-18,20-32,35-37,39-48,50-57,59-62H,19,33-34,38,49,58H2. The molecule has 11 aromatic carbocycles. The van der Waals surface area contributed by atoms with Gasteiger partial charge in [0.2, 0.25) is 0 Å². The Bertz CT molecular complexity index is 4180. The highest BCUT2D eigenvalue weighted by atomic mass is 15.1. The van der Waals surface area contributed by atoms with E-state index < -0.39 is 0 Å². The number of benzene rings is 11. The number of anilines is 4. The summed E-state index contributed by atoms with van der Waals surface area (Å²) in [5, 5.41) is 0. The van der Waals surface area contributed by atoms with Gasteiger partial charge in [-0.1, -0.05) is 267 Å². The average Bonchev–Trinajstić information content (AvgIpc) is 2.60. The van der Waals surface area contributed by atoms with Crippen LogP contribution in [0.15, 0.2) is 309 Å². The quantitative estimate of drug-likeness (QED) is 0.0890. The molecule has 11 aromatic rings. The van der Waals surface area contributed by atoms with Crippen molar-refractivity contribution in [3.63, 3.8) is 0 Å². The van der Waals surface area contributed by atoms with Crippen molar-refractivity contribution in [2.45, 2.75) is 38.5 Å². The minimum Gasteiger partial charge on any atom is -0.317 e. The molecule has 0 saturated carbocycles. The van der Waals surface area contributed by atoms with Crippen molar-refractivity contribution in [2.24, 2.45) is 0 Å². The van der Waals surface area contributed by atoms with E-state index in [9.17, 15) is 0 Å². The molecule has 0 bridgehead atoms. The van der Waals surface area contributed by atoms with E-state index in [4.69, 9.17) is 0 Å². The Labute approximate surface area is 508 Å². The molecule has 0 unspecified atom stereocenters. The van der Waals surface area contributed by atoms with E-state index in [0.717, 1.165) is 94.7 Å². The van der Waals surface area contributed by atoms with Crippen molar-refractivity contribution in [3.05, 3.63) is 387 Å². The minimum atomic E-state index is 0.957. The molecule has 2 heteroatoms. The summed E-state index contributed by atoms with van der Waals surface area (Å²) in [6.45, 7) is 0. The molecular weight excluding hydrogens is 1040 g/mol. The van der Waals surface area contributed by atoms with Crippen molar-refractivity contribution >= 4 is 75.9 Å². The smallest absolute Gasteiger partial charge is 0.0456 e. The molecule has 0 atom stereocenters. The number of hydrogen-bond donors (Lipinski definition) is 0. The van der Waals surface area contributed by atoms with E-state index >= 15 is 0 Å². The Morgan fingerprint density at radius 1 is 0.279 bits per heavy atom. The van der Waals surface area contributed by atoms with Gasteiger partial charge in [0.05, 0.1) is 0 Å². The molecule has 0 fully saturated rings. The van der Waals surface area contributed by atoms with Gasteiger partial charge in [0, 0.05) is 35.1 Å². The van der Waals surface area contributed by atoms with E-state index in [1.807, 2.05) is 0 Å². The maximum Gasteiger partial charge on any atom is 0.0456 e. The summed E-state index contributed by atoms with van der Waals surface area (Å²) in [6, 6.07) is 105. The van der Waals surface area contributed by atoms with Crippen molar-refractivity contribution < 1.29 is 0 Å². The normalized spacial score (nSPS) is 13.7. The Morgan fingerprint density at radius 2 is 0.651 bits per heavy atom. The second-order valence-corrected chi connectivity index (χ2v) is 22.4. The summed E-state index contributed by atoms with van der Waals surface area (Å²) in [6.07, 6.45) is 24.7. The number of aryl methyl sites for hydroxylation is 2. The summed E-state index contributed by atoms with van der Waals surface area (Å²) in [5.74, 6) is 0. The van der Waals surface area contributed by atoms with Gasteiger partial charge >= 0.3 is 0 Å². The number of allylic oxidation sites excluding steroid dienone is 2. The zero-order chi connectivity index (χ0) is 57.7. The van der Waals surface area contributed by atoms with Crippen LogP contribution >= 0.6 is 0 Å². The van der Waals surface area contributed by atoms with Crippen LogP contribution in [0.1, 0.15) is 97.2 Å². The molecule has 0 heterocycles. The molecule has 0 aromatic heterocycles. The fraction of sp³-hybridized carbons (Fsp3) is 0.0714. The molecule has 0 N–H and O–H groups in total. The number of rotatable bonds is 16. The lowest BCUT2D eigenvalue weighted by atomic mass is 9.88. The zero-order valence-electron chi connectivity index (χ0n) is 48.5. The van der Waals surface area contributed by atoms with E-state index in [1.54, 1.807) is 0 Å². The van der Waals surface area contributed by atoms with Gasteiger partial charge in [-0.2, -0.15) is 0 Å². The Morgan fingerprint density at radius 3 is 1.10 bits per heavy atom. The molecule has 2 aliphatic rings. The number of hydrogen-bond acceptors (Lipinski definition) is 2. The fourth-order valence-corrected chi connectivity index (χ4v) is 12.0. The topological polar surface area (TPSA) is 6.48 Å². The highest BCUT2D eigenvalue weighted by Gasteiger charge is 2.19. The van der Waals surface area contributed by atoms with Crippen LogP contribution < -0.4 is 9.80 Å². The third-order valence-electron chi connectivity index (χ3n) is 16.7. The van der Waals surface area contributed by atoms with Gasteiger partial charge in [0.1, 0.15) is 0 Å². The second-order valence-electron chi connectivity index (χ2n) is 22.4. The van der Waals surface area contributed by atoms with Crippen LogP contribution in [0.4, 0.5) is 22.7 Å². The molecule has 0 amide bonds. The minimum absolute atomic E-state index is 0.957. The Kier molecular flexibility index (Phi) is 16.8. The lowest BCUT2D eigenvalue weighted by Gasteiger charge is -2.26. The van der Waals surface area contributed by atoms with Crippen LogP contribution in [0, 0.1) is 0 Å². The lowest BCUT2D eigenvalue weighted by Crippen LogP contribution is -2.13. The van der Waals surface area contributed by atoms with Crippen LogP contribution in [0.3, 0.4) is 0 Å². The van der Waals surface area contributed by atoms with E-state index in [2.05, 4.69) is 350 Å². The molecule has 0 radical (unpaired) electrons. The van der Waals surface area contributed by atoms with Crippen LogP contribution in [0.5, 0.6) is 0 Å². The van der Waals surface area contributed by atoms with Crippen molar-refractivity contribution in [3.8, 4) is 0 Å². The third-order valence-corrected chi connectivity index (χ3v) is 16.7. The van der Waals surface area contributed by atoms with Gasteiger partial charge in [0.15, 0.2) is 0 Å². The molecule has 414 valence electrons. The second kappa shape index (κ2) is 26.4. The highest BCUT2D eigenvalue weighted by Crippen LogP contribution is 2.37. The predicted molar refractivity (Wildman–Crippen MR) is 368 cm³/mol. The number of nitrogens with zero attached hydrogens (tertiary/aromatic N) is 2. The van der Waals surface area contributed by atoms with Crippen molar-refractivity contribution in [2.75, 3.05) is 9.80 Å². The SMILES string of the molecule is C(=Cc1ccccc1C=Cc1ccc(N(C=C2CCCc3ccccc32)c2ccc(C=C(c3ccccc3)c3ccccc3)cc2)cc1)c1ccc(N(C=C2CCc3ccccc3C2)c2ccc(C=C(c3ccccc3)c3ccccc3)cc2)cc1. The monoisotopic (exact) mass is 1100 g/mol. The van der Waals surface area contributed by atoms with E-state index in [1.165, 1.54) is 66.8 Å². The first-order valence-electron chi connectivity index (χ1n) is 30.2. The van der Waals surface area contributed by atoms with E-state index in [-0.39, 0.29) is 0 Å². The molecule has 2 nitrogen and oxygen atoms in total. The molecular formula is C84H68N2. The summed E-state index contributed by atoms with van der Waals surface area (Å²) >= 11 is 0. The summed E-state index contributed by atoms with van der Waals surface area (Å²) < 4.78 is 0. The molecule has 0 aliphatic heterocycles. The third kappa shape index (κ3) is 13.1. The van der Waals surface area contributed by atoms with Gasteiger partial charge in [-0.15, -0.1) is 0 Å². The zero-order valence-corrected chi connectivity index (χ0v) is 48.5. The van der Waals surface area contributed by atoms with Crippen LogP contribution in [-0.2, 0) is 19.3 Å². The highest BCUT2D eigenvalue weighted by molar-refractivity contribution is 5.93. The van der Waals surface area contributed by atoms with Crippen molar-refractivity contribution in [1.82, 2.24) is 0 Å². The Balaban J connectivity index is 0.747. The largest absolute Gasteiger partial charge is 0.317 e. The van der Waals surface area contributed by atoms with Gasteiger partial charge < -0.3 is 9.80 Å². The summed E-state index contributed by atoms with van der Waals surface area (Å²) in [5.41, 5.74) is 27.1. The van der Waals surface area contributed by atoms with E-state index in [0.29, 0.717) is 0 Å². The number of fused-ring (bicyclic) bond motifs is 2. The predicted octanol–water partition coefficient (Wildman–Crippen LogP) is 21.9. The molecule has 2 aliphatic carbocycles. The summed E-state index contributed by atoms with van der Waals surface area (Å²) in [7, 11) is 0. The maximum absolute atomic E-state index is 2.39. The average molecular weight is 1110 g/mol. The molecule has 86 heavy (non-hydrogen) atoms. The van der Waals surface area contributed by atoms with Gasteiger partial charge in [-0.25, -0.2) is 0 Å². The first-order chi connectivity index (χ1) is 42.6. The van der Waals surface area contributed by atoms with Crippen LogP contribution in [0.25, 0.3) is 53.2 Å². The fourth-order valence-electron chi connectivity index (χ4n) is 12.0. The van der Waals surface area contributed by atoms with Crippen LogP contribution in [-0.4, -0.2) is 0 Å². The maximum atomic E-state index is 2.39. The van der Waals surface area contributed by atoms with Crippen molar-refractivity contribution in [1.29, 1.82) is 0 Å². The molecule has 13 rings (SSSR count). The van der Waals surface area contributed by atoms with Gasteiger partial charge in [-0.05, 0) is 199 Å². The first-order valence-corrected chi connectivity index (χ1v) is 30.2. The Hall–Kier alpha value is -10.5.